The third kappa shape index (κ3) is 3.33. The minimum absolute atomic E-state index is 0.409. The van der Waals surface area contributed by atoms with Crippen molar-refractivity contribution in [2.45, 2.75) is 13.0 Å². The van der Waals surface area contributed by atoms with Gasteiger partial charge in [-0.3, -0.25) is 0 Å². The predicted octanol–water partition coefficient (Wildman–Crippen LogP) is 3.07. The Morgan fingerprint density at radius 3 is 2.69 bits per heavy atom. The Morgan fingerprint density at radius 2 is 2.08 bits per heavy atom. The van der Waals surface area contributed by atoms with E-state index in [1.54, 1.807) is 0 Å². The fourth-order valence-electron chi connectivity index (χ4n) is 0.954. The summed E-state index contributed by atoms with van der Waals surface area (Å²) >= 11 is 3.50. The molecule has 0 saturated heterocycles. The van der Waals surface area contributed by atoms with Gasteiger partial charge in [0, 0.05) is 10.5 Å². The number of nitrogens with one attached hydrogen (secondary N) is 1. The molecule has 1 nitrogen and oxygen atoms in total. The molecule has 70 valence electrons. The zero-order chi connectivity index (χ0) is 9.68. The maximum Gasteiger partial charge on any atom is 0.0247 e. The highest BCUT2D eigenvalue weighted by atomic mass is 79.9. The van der Waals surface area contributed by atoms with Crippen LogP contribution in [-0.4, -0.2) is 13.1 Å². The van der Waals surface area contributed by atoms with E-state index in [2.05, 4.69) is 46.4 Å². The highest BCUT2D eigenvalue weighted by molar-refractivity contribution is 9.10. The van der Waals surface area contributed by atoms with Gasteiger partial charge in [0.2, 0.25) is 0 Å². The van der Waals surface area contributed by atoms with E-state index in [0.717, 1.165) is 4.47 Å². The second-order valence-corrected chi connectivity index (χ2v) is 3.81. The molecule has 1 N–H and O–H groups in total. The monoisotopic (exact) mass is 239 g/mol. The van der Waals surface area contributed by atoms with Crippen molar-refractivity contribution in [2.24, 2.45) is 0 Å². The molecule has 2 heteroatoms. The van der Waals surface area contributed by atoms with Crippen molar-refractivity contribution in [3.63, 3.8) is 0 Å². The van der Waals surface area contributed by atoms with E-state index >= 15 is 0 Å². The molecule has 0 aliphatic heterocycles. The molecule has 1 aromatic carbocycles. The Labute approximate surface area is 88.0 Å². The van der Waals surface area contributed by atoms with Gasteiger partial charge >= 0.3 is 0 Å². The number of hydrogen-bond donors (Lipinski definition) is 1. The van der Waals surface area contributed by atoms with Gasteiger partial charge in [0.25, 0.3) is 0 Å². The molecule has 1 rings (SSSR count). The molecule has 0 bridgehead atoms. The molecule has 0 amide bonds. The smallest absolute Gasteiger partial charge is 0.0247 e. The molecule has 0 heterocycles. The van der Waals surface area contributed by atoms with Gasteiger partial charge in [0.1, 0.15) is 0 Å². The van der Waals surface area contributed by atoms with E-state index < -0.39 is 0 Å². The van der Waals surface area contributed by atoms with Crippen LogP contribution in [-0.2, 0) is 0 Å². The van der Waals surface area contributed by atoms with Crippen LogP contribution in [0.4, 0.5) is 0 Å². The second-order valence-electron chi connectivity index (χ2n) is 2.96. The Balaban J connectivity index is 2.74. The van der Waals surface area contributed by atoms with Crippen molar-refractivity contribution in [2.75, 3.05) is 7.05 Å². The number of benzene rings is 1. The quantitative estimate of drug-likeness (QED) is 0.856. The van der Waals surface area contributed by atoms with Gasteiger partial charge in [0.05, 0.1) is 0 Å². The van der Waals surface area contributed by atoms with Crippen LogP contribution >= 0.6 is 15.9 Å². The van der Waals surface area contributed by atoms with E-state index in [9.17, 15) is 0 Å². The second kappa shape index (κ2) is 5.20. The first kappa shape index (κ1) is 10.5. The van der Waals surface area contributed by atoms with Crippen molar-refractivity contribution >= 4 is 22.0 Å². The summed E-state index contributed by atoms with van der Waals surface area (Å²) in [6.07, 6.45) is 4.26. The molecule has 1 aromatic rings. The van der Waals surface area contributed by atoms with Gasteiger partial charge in [-0.15, -0.1) is 0 Å². The number of likely N-dealkylation sites (N-methyl/N-ethyl adjacent to an activating group) is 1. The summed E-state index contributed by atoms with van der Waals surface area (Å²) in [4.78, 5) is 0. The molecule has 0 spiro atoms. The van der Waals surface area contributed by atoms with Crippen molar-refractivity contribution in [1.29, 1.82) is 0 Å². The van der Waals surface area contributed by atoms with Gasteiger partial charge < -0.3 is 5.32 Å². The van der Waals surface area contributed by atoms with Crippen LogP contribution in [0.25, 0.3) is 6.08 Å². The molecule has 13 heavy (non-hydrogen) atoms. The van der Waals surface area contributed by atoms with Crippen LogP contribution in [0.15, 0.2) is 34.8 Å². The van der Waals surface area contributed by atoms with Crippen molar-refractivity contribution < 1.29 is 0 Å². The molecular formula is C11H14BrN. The van der Waals surface area contributed by atoms with E-state index in [1.807, 2.05) is 25.2 Å². The van der Waals surface area contributed by atoms with E-state index in [-0.39, 0.29) is 0 Å². The lowest BCUT2D eigenvalue weighted by Crippen LogP contribution is -2.17. The summed E-state index contributed by atoms with van der Waals surface area (Å²) < 4.78 is 1.13. The fourth-order valence-corrected chi connectivity index (χ4v) is 1.37. The summed E-state index contributed by atoms with van der Waals surface area (Å²) in [7, 11) is 1.95. The Hall–Kier alpha value is -0.600. The number of rotatable bonds is 3. The summed E-state index contributed by atoms with van der Waals surface area (Å²) in [5, 5.41) is 3.15. The summed E-state index contributed by atoms with van der Waals surface area (Å²) in [5.74, 6) is 0. The Kier molecular flexibility index (Phi) is 4.19. The first-order chi connectivity index (χ1) is 6.24. The van der Waals surface area contributed by atoms with Gasteiger partial charge in [-0.2, -0.15) is 0 Å². The number of halogens is 1. The van der Waals surface area contributed by atoms with Crippen molar-refractivity contribution in [1.82, 2.24) is 5.32 Å². The van der Waals surface area contributed by atoms with Crippen LogP contribution in [0.2, 0.25) is 0 Å². The fraction of sp³-hybridized carbons (Fsp3) is 0.273. The lowest BCUT2D eigenvalue weighted by Gasteiger charge is -2.03. The highest BCUT2D eigenvalue weighted by Crippen LogP contribution is 2.17. The van der Waals surface area contributed by atoms with E-state index in [0.29, 0.717) is 6.04 Å². The molecule has 0 aliphatic rings. The topological polar surface area (TPSA) is 12.0 Å². The molecule has 0 fully saturated rings. The zero-order valence-corrected chi connectivity index (χ0v) is 9.51. The van der Waals surface area contributed by atoms with Crippen molar-refractivity contribution in [3.8, 4) is 0 Å². The third-order valence-electron chi connectivity index (χ3n) is 1.93. The van der Waals surface area contributed by atoms with Gasteiger partial charge in [-0.25, -0.2) is 0 Å². The molecule has 0 radical (unpaired) electrons. The molecule has 0 aliphatic carbocycles. The molecule has 1 unspecified atom stereocenters. The average molecular weight is 240 g/mol. The van der Waals surface area contributed by atoms with Crippen molar-refractivity contribution in [3.05, 3.63) is 40.4 Å². The van der Waals surface area contributed by atoms with Crippen LogP contribution < -0.4 is 5.32 Å². The first-order valence-electron chi connectivity index (χ1n) is 4.34. The molecule has 0 saturated carbocycles. The van der Waals surface area contributed by atoms with Gasteiger partial charge in [-0.05, 0) is 25.6 Å². The Morgan fingerprint density at radius 1 is 1.38 bits per heavy atom. The minimum atomic E-state index is 0.409. The lowest BCUT2D eigenvalue weighted by molar-refractivity contribution is 0.731. The van der Waals surface area contributed by atoms with Gasteiger partial charge in [0.15, 0.2) is 0 Å². The SMILES string of the molecule is CNC(C)/C=C/c1ccccc1Br. The summed E-state index contributed by atoms with van der Waals surface area (Å²) in [5.41, 5.74) is 1.21. The van der Waals surface area contributed by atoms with Gasteiger partial charge in [-0.1, -0.05) is 46.3 Å². The Bertz CT molecular complexity index is 294. The highest BCUT2D eigenvalue weighted by Gasteiger charge is 1.94. The van der Waals surface area contributed by atoms with E-state index in [4.69, 9.17) is 0 Å². The first-order valence-corrected chi connectivity index (χ1v) is 5.13. The third-order valence-corrected chi connectivity index (χ3v) is 2.65. The van der Waals surface area contributed by atoms with Crippen LogP contribution in [0, 0.1) is 0 Å². The zero-order valence-electron chi connectivity index (χ0n) is 7.92. The minimum Gasteiger partial charge on any atom is -0.314 e. The summed E-state index contributed by atoms with van der Waals surface area (Å²) in [6.45, 7) is 2.12. The maximum absolute atomic E-state index is 3.50. The molecule has 1 atom stereocenters. The standard InChI is InChI=1S/C11H14BrN/c1-9(13-2)7-8-10-5-3-4-6-11(10)12/h3-9,13H,1-2H3/b8-7+. The summed E-state index contributed by atoms with van der Waals surface area (Å²) in [6, 6.07) is 8.59. The normalized spacial score (nSPS) is 13.5. The molecular weight excluding hydrogens is 226 g/mol. The predicted molar refractivity (Wildman–Crippen MR) is 61.7 cm³/mol. The van der Waals surface area contributed by atoms with Crippen LogP contribution in [0.1, 0.15) is 12.5 Å². The average Bonchev–Trinajstić information content (AvgIpc) is 2.16. The maximum atomic E-state index is 3.50. The largest absolute Gasteiger partial charge is 0.314 e. The van der Waals surface area contributed by atoms with Crippen LogP contribution in [0.3, 0.4) is 0 Å². The van der Waals surface area contributed by atoms with E-state index in [1.165, 1.54) is 5.56 Å². The lowest BCUT2D eigenvalue weighted by atomic mass is 10.2. The number of hydrogen-bond acceptors (Lipinski definition) is 1. The molecule has 0 aromatic heterocycles. The van der Waals surface area contributed by atoms with Crippen LogP contribution in [0.5, 0.6) is 0 Å².